The largest absolute Gasteiger partial charge is 0.355 e. The Bertz CT molecular complexity index is 514. The molecule has 0 saturated carbocycles. The minimum absolute atomic E-state index is 0.626. The van der Waals surface area contributed by atoms with Gasteiger partial charge in [-0.25, -0.2) is 4.98 Å². The van der Waals surface area contributed by atoms with Crippen molar-refractivity contribution in [3.63, 3.8) is 0 Å². The lowest BCUT2D eigenvalue weighted by atomic mass is 10.1. The second-order valence-electron chi connectivity index (χ2n) is 5.40. The van der Waals surface area contributed by atoms with Crippen LogP contribution < -0.4 is 5.32 Å². The number of hydrogen-bond acceptors (Lipinski definition) is 2. The van der Waals surface area contributed by atoms with E-state index in [9.17, 15) is 0 Å². The van der Waals surface area contributed by atoms with Gasteiger partial charge in [-0.1, -0.05) is 38.1 Å². The van der Waals surface area contributed by atoms with Gasteiger partial charge in [-0.05, 0) is 30.4 Å². The normalized spacial score (nSPS) is 10.9. The van der Waals surface area contributed by atoms with Gasteiger partial charge < -0.3 is 9.88 Å². The van der Waals surface area contributed by atoms with Gasteiger partial charge in [0.05, 0.1) is 0 Å². The SMILES string of the molecule is Cc1ccccc1CCn1ccnc1NCC(C)C. The quantitative estimate of drug-likeness (QED) is 0.858. The molecule has 3 nitrogen and oxygen atoms in total. The summed E-state index contributed by atoms with van der Waals surface area (Å²) in [6.45, 7) is 8.50. The van der Waals surface area contributed by atoms with E-state index >= 15 is 0 Å². The number of imidazole rings is 1. The summed E-state index contributed by atoms with van der Waals surface area (Å²) in [6, 6.07) is 8.56. The van der Waals surface area contributed by atoms with E-state index in [2.05, 4.69) is 59.9 Å². The molecule has 0 saturated heterocycles. The van der Waals surface area contributed by atoms with Crippen molar-refractivity contribution in [2.45, 2.75) is 33.7 Å². The minimum Gasteiger partial charge on any atom is -0.355 e. The Labute approximate surface area is 115 Å². The minimum atomic E-state index is 0.626. The van der Waals surface area contributed by atoms with Crippen LogP contribution in [-0.2, 0) is 13.0 Å². The maximum Gasteiger partial charge on any atom is 0.202 e. The summed E-state index contributed by atoms with van der Waals surface area (Å²) in [6.07, 6.45) is 4.95. The maximum atomic E-state index is 4.37. The number of benzene rings is 1. The highest BCUT2D eigenvalue weighted by molar-refractivity contribution is 5.28. The number of aryl methyl sites for hydroxylation is 3. The molecule has 0 unspecified atom stereocenters. The molecule has 0 aliphatic carbocycles. The molecule has 0 radical (unpaired) electrons. The van der Waals surface area contributed by atoms with Crippen molar-refractivity contribution in [1.82, 2.24) is 9.55 Å². The first-order valence-electron chi connectivity index (χ1n) is 6.96. The van der Waals surface area contributed by atoms with Gasteiger partial charge in [-0.15, -0.1) is 0 Å². The van der Waals surface area contributed by atoms with Crippen LogP contribution in [0.25, 0.3) is 0 Å². The van der Waals surface area contributed by atoms with Crippen LogP contribution in [0.15, 0.2) is 36.7 Å². The molecule has 0 amide bonds. The summed E-state index contributed by atoms with van der Waals surface area (Å²) in [5.74, 6) is 1.60. The molecule has 1 N–H and O–H groups in total. The predicted molar refractivity (Wildman–Crippen MR) is 80.4 cm³/mol. The Balaban J connectivity index is 1.96. The summed E-state index contributed by atoms with van der Waals surface area (Å²) >= 11 is 0. The third kappa shape index (κ3) is 3.85. The Morgan fingerprint density at radius 1 is 1.26 bits per heavy atom. The standard InChI is InChI=1S/C16H23N3/c1-13(2)12-18-16-17-9-11-19(16)10-8-15-7-5-4-6-14(15)3/h4-7,9,11,13H,8,10,12H2,1-3H3,(H,17,18). The molecule has 0 bridgehead atoms. The molecule has 0 spiro atoms. The fraction of sp³-hybridized carbons (Fsp3) is 0.438. The van der Waals surface area contributed by atoms with E-state index in [1.54, 1.807) is 0 Å². The van der Waals surface area contributed by atoms with Crippen LogP contribution in [0, 0.1) is 12.8 Å². The van der Waals surface area contributed by atoms with E-state index in [1.165, 1.54) is 11.1 Å². The number of nitrogens with zero attached hydrogens (tertiary/aromatic N) is 2. The average Bonchev–Trinajstić information content (AvgIpc) is 2.83. The van der Waals surface area contributed by atoms with Crippen molar-refractivity contribution >= 4 is 5.95 Å². The zero-order valence-electron chi connectivity index (χ0n) is 12.1. The lowest BCUT2D eigenvalue weighted by molar-refractivity contribution is 0.660. The van der Waals surface area contributed by atoms with Crippen molar-refractivity contribution in [1.29, 1.82) is 0 Å². The third-order valence-corrected chi connectivity index (χ3v) is 3.27. The van der Waals surface area contributed by atoms with Crippen LogP contribution >= 0.6 is 0 Å². The summed E-state index contributed by atoms with van der Waals surface area (Å²) in [5.41, 5.74) is 2.77. The smallest absolute Gasteiger partial charge is 0.202 e. The molecule has 3 heteroatoms. The van der Waals surface area contributed by atoms with Crippen LogP contribution in [0.3, 0.4) is 0 Å². The van der Waals surface area contributed by atoms with Crippen LogP contribution in [0.5, 0.6) is 0 Å². The Morgan fingerprint density at radius 2 is 2.05 bits per heavy atom. The molecule has 1 aromatic heterocycles. The monoisotopic (exact) mass is 257 g/mol. The van der Waals surface area contributed by atoms with Crippen molar-refractivity contribution in [2.24, 2.45) is 5.92 Å². The fourth-order valence-corrected chi connectivity index (χ4v) is 2.08. The lowest BCUT2D eigenvalue weighted by Crippen LogP contribution is -2.13. The van der Waals surface area contributed by atoms with Gasteiger partial charge in [0.2, 0.25) is 5.95 Å². The summed E-state index contributed by atoms with van der Waals surface area (Å²) in [4.78, 5) is 4.37. The highest BCUT2D eigenvalue weighted by atomic mass is 15.2. The van der Waals surface area contributed by atoms with E-state index in [0.717, 1.165) is 25.5 Å². The van der Waals surface area contributed by atoms with Gasteiger partial charge >= 0.3 is 0 Å². The summed E-state index contributed by atoms with van der Waals surface area (Å²) in [7, 11) is 0. The Hall–Kier alpha value is -1.77. The van der Waals surface area contributed by atoms with Gasteiger partial charge in [0.1, 0.15) is 0 Å². The van der Waals surface area contributed by atoms with Gasteiger partial charge in [-0.3, -0.25) is 0 Å². The number of nitrogens with one attached hydrogen (secondary N) is 1. The number of hydrogen-bond donors (Lipinski definition) is 1. The first-order chi connectivity index (χ1) is 9.16. The van der Waals surface area contributed by atoms with E-state index < -0.39 is 0 Å². The highest BCUT2D eigenvalue weighted by Gasteiger charge is 2.04. The van der Waals surface area contributed by atoms with Gasteiger partial charge in [0.15, 0.2) is 0 Å². The van der Waals surface area contributed by atoms with Crippen LogP contribution in [0.4, 0.5) is 5.95 Å². The molecule has 1 heterocycles. The molecule has 2 aromatic rings. The van der Waals surface area contributed by atoms with Crippen molar-refractivity contribution in [3.8, 4) is 0 Å². The second-order valence-corrected chi connectivity index (χ2v) is 5.40. The Morgan fingerprint density at radius 3 is 2.79 bits per heavy atom. The molecule has 0 atom stereocenters. The number of aromatic nitrogens is 2. The zero-order valence-corrected chi connectivity index (χ0v) is 12.1. The first kappa shape index (κ1) is 13.7. The average molecular weight is 257 g/mol. The molecular weight excluding hydrogens is 234 g/mol. The first-order valence-corrected chi connectivity index (χ1v) is 6.96. The molecule has 0 aliphatic rings. The highest BCUT2D eigenvalue weighted by Crippen LogP contribution is 2.11. The van der Waals surface area contributed by atoms with Gasteiger partial charge in [0, 0.05) is 25.5 Å². The van der Waals surface area contributed by atoms with E-state index in [4.69, 9.17) is 0 Å². The lowest BCUT2D eigenvalue weighted by Gasteiger charge is -2.12. The molecule has 1 aromatic carbocycles. The van der Waals surface area contributed by atoms with Crippen molar-refractivity contribution in [3.05, 3.63) is 47.8 Å². The van der Waals surface area contributed by atoms with Crippen molar-refractivity contribution in [2.75, 3.05) is 11.9 Å². The van der Waals surface area contributed by atoms with Gasteiger partial charge in [0.25, 0.3) is 0 Å². The summed E-state index contributed by atoms with van der Waals surface area (Å²) in [5, 5.41) is 3.40. The van der Waals surface area contributed by atoms with Crippen molar-refractivity contribution < 1.29 is 0 Å². The third-order valence-electron chi connectivity index (χ3n) is 3.27. The molecule has 0 aliphatic heterocycles. The van der Waals surface area contributed by atoms with Gasteiger partial charge in [-0.2, -0.15) is 0 Å². The number of anilines is 1. The maximum absolute atomic E-state index is 4.37. The molecule has 0 fully saturated rings. The van der Waals surface area contributed by atoms with Crippen LogP contribution in [-0.4, -0.2) is 16.1 Å². The topological polar surface area (TPSA) is 29.9 Å². The van der Waals surface area contributed by atoms with Crippen LogP contribution in [0.1, 0.15) is 25.0 Å². The Kier molecular flexibility index (Phi) is 4.61. The van der Waals surface area contributed by atoms with E-state index in [1.807, 2.05) is 12.4 Å². The zero-order chi connectivity index (χ0) is 13.7. The molecule has 2 rings (SSSR count). The molecule has 102 valence electrons. The molecule has 19 heavy (non-hydrogen) atoms. The van der Waals surface area contributed by atoms with E-state index in [0.29, 0.717) is 5.92 Å². The number of rotatable bonds is 6. The second kappa shape index (κ2) is 6.41. The molecular formula is C16H23N3. The predicted octanol–water partition coefficient (Wildman–Crippen LogP) is 3.50. The fourth-order valence-electron chi connectivity index (χ4n) is 2.08. The van der Waals surface area contributed by atoms with E-state index in [-0.39, 0.29) is 0 Å². The summed E-state index contributed by atoms with van der Waals surface area (Å²) < 4.78 is 2.19. The van der Waals surface area contributed by atoms with Crippen LogP contribution in [0.2, 0.25) is 0 Å².